The molecule has 2 amide bonds. The van der Waals surface area contributed by atoms with Crippen LogP contribution in [0.15, 0.2) is 35.7 Å². The number of rotatable bonds is 7. The van der Waals surface area contributed by atoms with E-state index in [1.54, 1.807) is 0 Å². The molecule has 1 aromatic heterocycles. The minimum absolute atomic E-state index is 0.00347. The van der Waals surface area contributed by atoms with Crippen LogP contribution in [0.5, 0.6) is 0 Å². The fraction of sp³-hybridized carbons (Fsp3) is 0.316. The van der Waals surface area contributed by atoms with E-state index >= 15 is 0 Å². The fourth-order valence-corrected chi connectivity index (χ4v) is 3.04. The topological polar surface area (TPSA) is 84.5 Å². The molecule has 0 unspecified atom stereocenters. The Morgan fingerprint density at radius 1 is 1.08 bits per heavy atom. The molecule has 1 heterocycles. The molecular formula is C19H22N2O4S. The van der Waals surface area contributed by atoms with Gasteiger partial charge in [-0.3, -0.25) is 9.59 Å². The maximum absolute atomic E-state index is 12.3. The van der Waals surface area contributed by atoms with Gasteiger partial charge in [-0.2, -0.15) is 0 Å². The molecule has 0 radical (unpaired) electrons. The van der Waals surface area contributed by atoms with Gasteiger partial charge in [0, 0.05) is 11.6 Å². The lowest BCUT2D eigenvalue weighted by atomic mass is 10.1. The largest absolute Gasteiger partial charge is 0.451 e. The van der Waals surface area contributed by atoms with E-state index in [1.165, 1.54) is 11.3 Å². The van der Waals surface area contributed by atoms with Gasteiger partial charge in [0.25, 0.3) is 5.91 Å². The van der Waals surface area contributed by atoms with Crippen molar-refractivity contribution in [3.8, 4) is 11.1 Å². The molecule has 2 rings (SSSR count). The van der Waals surface area contributed by atoms with Gasteiger partial charge in [-0.15, -0.1) is 11.3 Å². The summed E-state index contributed by atoms with van der Waals surface area (Å²) in [6.45, 7) is 5.07. The van der Waals surface area contributed by atoms with Crippen molar-refractivity contribution in [2.75, 3.05) is 13.2 Å². The Kier molecular flexibility index (Phi) is 6.91. The van der Waals surface area contributed by atoms with Crippen molar-refractivity contribution >= 4 is 29.1 Å². The van der Waals surface area contributed by atoms with Crippen molar-refractivity contribution < 1.29 is 19.1 Å². The van der Waals surface area contributed by atoms with Crippen LogP contribution in [-0.4, -0.2) is 37.0 Å². The quantitative estimate of drug-likeness (QED) is 0.730. The normalized spacial score (nSPS) is 10.5. The first-order valence-corrected chi connectivity index (χ1v) is 9.12. The smallest absolute Gasteiger partial charge is 0.349 e. The third-order valence-electron chi connectivity index (χ3n) is 3.44. The molecule has 0 spiro atoms. The van der Waals surface area contributed by atoms with Crippen molar-refractivity contribution in [2.24, 2.45) is 0 Å². The van der Waals surface area contributed by atoms with E-state index in [0.717, 1.165) is 16.7 Å². The van der Waals surface area contributed by atoms with E-state index in [-0.39, 0.29) is 18.5 Å². The maximum atomic E-state index is 12.3. The van der Waals surface area contributed by atoms with Crippen LogP contribution in [0.1, 0.15) is 29.1 Å². The summed E-state index contributed by atoms with van der Waals surface area (Å²) >= 11 is 1.26. The van der Waals surface area contributed by atoms with Gasteiger partial charge in [0.1, 0.15) is 4.88 Å². The molecule has 2 aromatic rings. The second kappa shape index (κ2) is 9.15. The average molecular weight is 374 g/mol. The second-order valence-electron chi connectivity index (χ2n) is 6.10. The van der Waals surface area contributed by atoms with Crippen LogP contribution in [0.25, 0.3) is 11.1 Å². The molecule has 7 heteroatoms. The highest BCUT2D eigenvalue weighted by molar-refractivity contribution is 7.12. The average Bonchev–Trinajstić information content (AvgIpc) is 3.07. The molecule has 26 heavy (non-hydrogen) atoms. The monoisotopic (exact) mass is 374 g/mol. The molecule has 0 aliphatic carbocycles. The SMILES string of the molecule is Cc1ccc(-c2ccsc2C(=O)OCC(=O)NCC(=O)NC(C)C)cc1. The summed E-state index contributed by atoms with van der Waals surface area (Å²) in [4.78, 5) is 35.9. The number of carbonyl (C=O) groups excluding carboxylic acids is 3. The van der Waals surface area contributed by atoms with Crippen LogP contribution in [0.2, 0.25) is 0 Å². The highest BCUT2D eigenvalue weighted by atomic mass is 32.1. The first-order valence-electron chi connectivity index (χ1n) is 8.24. The summed E-state index contributed by atoms with van der Waals surface area (Å²) in [5.74, 6) is -1.37. The van der Waals surface area contributed by atoms with E-state index < -0.39 is 18.5 Å². The number of nitrogens with one attached hydrogen (secondary N) is 2. The Morgan fingerprint density at radius 3 is 2.42 bits per heavy atom. The molecule has 6 nitrogen and oxygen atoms in total. The predicted octanol–water partition coefficient (Wildman–Crippen LogP) is 2.52. The van der Waals surface area contributed by atoms with Crippen LogP contribution >= 0.6 is 11.3 Å². The summed E-state index contributed by atoms with van der Waals surface area (Å²) in [5.41, 5.74) is 2.82. The van der Waals surface area contributed by atoms with Crippen LogP contribution in [0, 0.1) is 6.92 Å². The number of amides is 2. The molecule has 0 aliphatic heterocycles. The number of esters is 1. The van der Waals surface area contributed by atoms with Gasteiger partial charge >= 0.3 is 5.97 Å². The first-order chi connectivity index (χ1) is 12.4. The number of aryl methyl sites for hydroxylation is 1. The molecule has 0 bridgehead atoms. The molecular weight excluding hydrogens is 352 g/mol. The third kappa shape index (κ3) is 5.70. The lowest BCUT2D eigenvalue weighted by Gasteiger charge is -2.09. The van der Waals surface area contributed by atoms with Gasteiger partial charge in [-0.25, -0.2) is 4.79 Å². The number of ether oxygens (including phenoxy) is 1. The highest BCUT2D eigenvalue weighted by Crippen LogP contribution is 2.29. The number of hydrogen-bond donors (Lipinski definition) is 2. The van der Waals surface area contributed by atoms with Gasteiger partial charge < -0.3 is 15.4 Å². The summed E-state index contributed by atoms with van der Waals surface area (Å²) in [7, 11) is 0. The van der Waals surface area contributed by atoms with Crippen LogP contribution < -0.4 is 10.6 Å². The molecule has 2 N–H and O–H groups in total. The third-order valence-corrected chi connectivity index (χ3v) is 4.34. The fourth-order valence-electron chi connectivity index (χ4n) is 2.23. The Labute approximate surface area is 156 Å². The first kappa shape index (κ1) is 19.7. The zero-order chi connectivity index (χ0) is 19.1. The van der Waals surface area contributed by atoms with Gasteiger partial charge in [-0.1, -0.05) is 29.8 Å². The molecule has 0 saturated carbocycles. The number of benzene rings is 1. The van der Waals surface area contributed by atoms with Crippen molar-refractivity contribution in [3.05, 3.63) is 46.2 Å². The van der Waals surface area contributed by atoms with Crippen molar-refractivity contribution in [1.82, 2.24) is 10.6 Å². The number of hydrogen-bond acceptors (Lipinski definition) is 5. The maximum Gasteiger partial charge on any atom is 0.349 e. The molecule has 0 aliphatic rings. The molecule has 138 valence electrons. The minimum Gasteiger partial charge on any atom is -0.451 e. The van der Waals surface area contributed by atoms with E-state index in [9.17, 15) is 14.4 Å². The lowest BCUT2D eigenvalue weighted by Crippen LogP contribution is -2.41. The van der Waals surface area contributed by atoms with Crippen molar-refractivity contribution in [2.45, 2.75) is 26.8 Å². The van der Waals surface area contributed by atoms with Gasteiger partial charge in [0.15, 0.2) is 6.61 Å². The van der Waals surface area contributed by atoms with Gasteiger partial charge in [-0.05, 0) is 37.8 Å². The number of carbonyl (C=O) groups is 3. The Morgan fingerprint density at radius 2 is 1.77 bits per heavy atom. The van der Waals surface area contributed by atoms with Crippen molar-refractivity contribution in [3.63, 3.8) is 0 Å². The Balaban J connectivity index is 1.89. The van der Waals surface area contributed by atoms with Crippen LogP contribution in [0.3, 0.4) is 0 Å². The van der Waals surface area contributed by atoms with Crippen molar-refractivity contribution in [1.29, 1.82) is 0 Å². The summed E-state index contributed by atoms with van der Waals surface area (Å²) < 4.78 is 5.08. The van der Waals surface area contributed by atoms with Gasteiger partial charge in [0.2, 0.25) is 5.91 Å². The second-order valence-corrected chi connectivity index (χ2v) is 7.02. The summed E-state index contributed by atoms with van der Waals surface area (Å²) in [5, 5.41) is 6.88. The molecule has 1 aromatic carbocycles. The predicted molar refractivity (Wildman–Crippen MR) is 101 cm³/mol. The highest BCUT2D eigenvalue weighted by Gasteiger charge is 2.17. The van der Waals surface area contributed by atoms with E-state index in [4.69, 9.17) is 4.74 Å². The zero-order valence-corrected chi connectivity index (χ0v) is 15.8. The van der Waals surface area contributed by atoms with Crippen LogP contribution in [-0.2, 0) is 14.3 Å². The van der Waals surface area contributed by atoms with E-state index in [0.29, 0.717) is 4.88 Å². The Hall–Kier alpha value is -2.67. The van der Waals surface area contributed by atoms with Crippen LogP contribution in [0.4, 0.5) is 0 Å². The molecule has 0 atom stereocenters. The summed E-state index contributed by atoms with van der Waals surface area (Å²) in [6.07, 6.45) is 0. The van der Waals surface area contributed by atoms with E-state index in [1.807, 2.05) is 56.5 Å². The van der Waals surface area contributed by atoms with Gasteiger partial charge in [0.05, 0.1) is 6.54 Å². The zero-order valence-electron chi connectivity index (χ0n) is 15.0. The Bertz CT molecular complexity index is 781. The summed E-state index contributed by atoms with van der Waals surface area (Å²) in [6, 6.07) is 9.66. The lowest BCUT2D eigenvalue weighted by molar-refractivity contribution is -0.128. The standard InChI is InChI=1S/C19H22N2O4S/c1-12(2)21-16(22)10-20-17(23)11-25-19(24)18-15(8-9-26-18)14-6-4-13(3)5-7-14/h4-9,12H,10-11H2,1-3H3,(H,20,23)(H,21,22). The molecule has 0 saturated heterocycles. The van der Waals surface area contributed by atoms with E-state index in [2.05, 4.69) is 10.6 Å². The number of thiophene rings is 1. The molecule has 0 fully saturated rings. The minimum atomic E-state index is -0.558.